The van der Waals surface area contributed by atoms with Gasteiger partial charge < -0.3 is 24.3 Å². The number of rotatable bonds is 10. The lowest BCUT2D eigenvalue weighted by Crippen LogP contribution is -2.59. The largest absolute Gasteiger partial charge is 0.382 e. The van der Waals surface area contributed by atoms with Gasteiger partial charge in [-0.1, -0.05) is 0 Å². The van der Waals surface area contributed by atoms with Crippen LogP contribution in [0.3, 0.4) is 0 Å². The van der Waals surface area contributed by atoms with E-state index in [1.54, 1.807) is 14.2 Å². The zero-order valence-corrected chi connectivity index (χ0v) is 12.9. The van der Waals surface area contributed by atoms with Crippen molar-refractivity contribution in [2.75, 3.05) is 41.1 Å². The van der Waals surface area contributed by atoms with Gasteiger partial charge in [0, 0.05) is 26.9 Å². The Morgan fingerprint density at radius 1 is 1.11 bits per heavy atom. The minimum Gasteiger partial charge on any atom is -0.382 e. The molecule has 5 nitrogen and oxygen atoms in total. The highest BCUT2D eigenvalue weighted by Crippen LogP contribution is 2.28. The maximum Gasteiger partial charge on any atom is 0.0991 e. The van der Waals surface area contributed by atoms with Crippen molar-refractivity contribution in [3.8, 4) is 0 Å². The van der Waals surface area contributed by atoms with Gasteiger partial charge in [-0.05, 0) is 33.7 Å². The van der Waals surface area contributed by atoms with Crippen LogP contribution < -0.4 is 5.32 Å². The van der Waals surface area contributed by atoms with Gasteiger partial charge in [-0.25, -0.2) is 0 Å². The molecule has 3 atom stereocenters. The van der Waals surface area contributed by atoms with E-state index < -0.39 is 0 Å². The minimum atomic E-state index is -0.126. The molecular formula is C14H29NO4. The molecule has 1 aliphatic rings. The van der Waals surface area contributed by atoms with E-state index in [4.69, 9.17) is 18.9 Å². The highest BCUT2D eigenvalue weighted by Gasteiger charge is 2.42. The Bertz CT molecular complexity index is 248. The first kappa shape index (κ1) is 16.9. The summed E-state index contributed by atoms with van der Waals surface area (Å²) in [7, 11) is 5.37. The van der Waals surface area contributed by atoms with Crippen molar-refractivity contribution in [3.63, 3.8) is 0 Å². The number of hydrogen-bond donors (Lipinski definition) is 1. The molecule has 1 saturated carbocycles. The summed E-state index contributed by atoms with van der Waals surface area (Å²) in [5.41, 5.74) is -0.126. The van der Waals surface area contributed by atoms with Gasteiger partial charge in [-0.3, -0.25) is 0 Å². The summed E-state index contributed by atoms with van der Waals surface area (Å²) in [6, 6.07) is 0.386. The Labute approximate surface area is 116 Å². The fourth-order valence-electron chi connectivity index (χ4n) is 2.08. The van der Waals surface area contributed by atoms with Crippen LogP contribution in [0, 0.1) is 0 Å². The summed E-state index contributed by atoms with van der Waals surface area (Å²) in [5.74, 6) is 0. The maximum atomic E-state index is 5.91. The normalized spacial score (nSPS) is 27.3. The second kappa shape index (κ2) is 8.17. The lowest BCUT2D eigenvalue weighted by Gasteiger charge is -2.44. The van der Waals surface area contributed by atoms with Crippen molar-refractivity contribution in [3.05, 3.63) is 0 Å². The summed E-state index contributed by atoms with van der Waals surface area (Å²) in [6.45, 7) is 6.07. The second-order valence-electron chi connectivity index (χ2n) is 5.58. The van der Waals surface area contributed by atoms with Crippen LogP contribution in [0.15, 0.2) is 0 Å². The van der Waals surface area contributed by atoms with Crippen molar-refractivity contribution in [1.29, 1.82) is 0 Å². The Kier molecular flexibility index (Phi) is 7.25. The Hall–Kier alpha value is -0.200. The average Bonchev–Trinajstić information content (AvgIpc) is 2.38. The highest BCUT2D eigenvalue weighted by molar-refractivity contribution is 4.96. The number of hydrogen-bond acceptors (Lipinski definition) is 5. The molecule has 0 bridgehead atoms. The van der Waals surface area contributed by atoms with Crippen LogP contribution in [0.2, 0.25) is 0 Å². The molecule has 0 saturated heterocycles. The zero-order valence-electron chi connectivity index (χ0n) is 12.9. The predicted octanol–water partition coefficient (Wildman–Crippen LogP) is 1.21. The Morgan fingerprint density at radius 3 is 2.42 bits per heavy atom. The number of methoxy groups -OCH3 is 2. The molecular weight excluding hydrogens is 246 g/mol. The van der Waals surface area contributed by atoms with Gasteiger partial charge in [0.25, 0.3) is 0 Å². The third kappa shape index (κ3) is 5.36. The van der Waals surface area contributed by atoms with Crippen molar-refractivity contribution in [2.45, 2.75) is 50.5 Å². The van der Waals surface area contributed by atoms with Gasteiger partial charge in [-0.2, -0.15) is 0 Å². The van der Waals surface area contributed by atoms with Crippen LogP contribution in [0.1, 0.15) is 26.7 Å². The molecule has 0 radical (unpaired) electrons. The first-order chi connectivity index (χ1) is 9.04. The van der Waals surface area contributed by atoms with E-state index in [1.165, 1.54) is 0 Å². The quantitative estimate of drug-likeness (QED) is 0.607. The van der Waals surface area contributed by atoms with Crippen molar-refractivity contribution >= 4 is 0 Å². The summed E-state index contributed by atoms with van der Waals surface area (Å²) < 4.78 is 22.1. The summed E-state index contributed by atoms with van der Waals surface area (Å²) >= 11 is 0. The minimum absolute atomic E-state index is 0.126. The topological polar surface area (TPSA) is 49.0 Å². The molecule has 0 heterocycles. The van der Waals surface area contributed by atoms with Crippen molar-refractivity contribution in [2.24, 2.45) is 0 Å². The van der Waals surface area contributed by atoms with Crippen LogP contribution in [0.5, 0.6) is 0 Å². The summed E-state index contributed by atoms with van der Waals surface area (Å²) in [5, 5.41) is 3.26. The van der Waals surface area contributed by atoms with Crippen LogP contribution >= 0.6 is 0 Å². The molecule has 114 valence electrons. The van der Waals surface area contributed by atoms with Gasteiger partial charge >= 0.3 is 0 Å². The van der Waals surface area contributed by atoms with Crippen LogP contribution in [0.25, 0.3) is 0 Å². The van der Waals surface area contributed by atoms with Gasteiger partial charge in [0.05, 0.1) is 31.0 Å². The van der Waals surface area contributed by atoms with Gasteiger partial charge in [0.1, 0.15) is 0 Å². The van der Waals surface area contributed by atoms with E-state index in [2.05, 4.69) is 19.2 Å². The van der Waals surface area contributed by atoms with E-state index in [-0.39, 0.29) is 17.8 Å². The average molecular weight is 275 g/mol. The van der Waals surface area contributed by atoms with E-state index in [0.29, 0.717) is 25.9 Å². The SMILES string of the molecule is CNC1CC(OCCC(C)(C)OC)C1OCCOC. The first-order valence-electron chi connectivity index (χ1n) is 6.98. The van der Waals surface area contributed by atoms with E-state index >= 15 is 0 Å². The van der Waals surface area contributed by atoms with Crippen molar-refractivity contribution < 1.29 is 18.9 Å². The fraction of sp³-hybridized carbons (Fsp3) is 1.00. The lowest BCUT2D eigenvalue weighted by molar-refractivity contribution is -0.156. The monoisotopic (exact) mass is 275 g/mol. The van der Waals surface area contributed by atoms with Gasteiger partial charge in [0.2, 0.25) is 0 Å². The molecule has 0 aromatic rings. The number of nitrogens with one attached hydrogen (secondary N) is 1. The highest BCUT2D eigenvalue weighted by atomic mass is 16.6. The molecule has 0 aliphatic heterocycles. The molecule has 0 aromatic heterocycles. The van der Waals surface area contributed by atoms with E-state index in [9.17, 15) is 0 Å². The third-order valence-corrected chi connectivity index (χ3v) is 3.81. The molecule has 5 heteroatoms. The molecule has 1 fully saturated rings. The predicted molar refractivity (Wildman–Crippen MR) is 74.5 cm³/mol. The molecule has 1 aliphatic carbocycles. The molecule has 3 unspecified atom stereocenters. The third-order valence-electron chi connectivity index (χ3n) is 3.81. The number of likely N-dealkylation sites (N-methyl/N-ethyl adjacent to an activating group) is 1. The molecule has 0 amide bonds. The van der Waals surface area contributed by atoms with Crippen LogP contribution in [0.4, 0.5) is 0 Å². The smallest absolute Gasteiger partial charge is 0.0991 e. The molecule has 0 spiro atoms. The van der Waals surface area contributed by atoms with Crippen molar-refractivity contribution in [1.82, 2.24) is 5.32 Å². The van der Waals surface area contributed by atoms with E-state index in [1.807, 2.05) is 7.05 Å². The maximum absolute atomic E-state index is 5.91. The number of ether oxygens (including phenoxy) is 4. The lowest BCUT2D eigenvalue weighted by atomic mass is 9.85. The molecule has 19 heavy (non-hydrogen) atoms. The second-order valence-corrected chi connectivity index (χ2v) is 5.58. The first-order valence-corrected chi connectivity index (χ1v) is 6.98. The fourth-order valence-corrected chi connectivity index (χ4v) is 2.08. The van der Waals surface area contributed by atoms with Crippen LogP contribution in [-0.2, 0) is 18.9 Å². The standard InChI is InChI=1S/C14H29NO4/c1-14(2,17-5)6-7-18-12-10-11(15-3)13(12)19-9-8-16-4/h11-13,15H,6-10H2,1-5H3. The zero-order chi connectivity index (χ0) is 14.3. The summed E-state index contributed by atoms with van der Waals surface area (Å²) in [6.07, 6.45) is 2.20. The molecule has 1 N–H and O–H groups in total. The van der Waals surface area contributed by atoms with Gasteiger partial charge in [-0.15, -0.1) is 0 Å². The Balaban J connectivity index is 2.25. The van der Waals surface area contributed by atoms with E-state index in [0.717, 1.165) is 12.8 Å². The molecule has 0 aromatic carbocycles. The van der Waals surface area contributed by atoms with Crippen LogP contribution in [-0.4, -0.2) is 64.9 Å². The molecule has 1 rings (SSSR count). The van der Waals surface area contributed by atoms with Gasteiger partial charge in [0.15, 0.2) is 0 Å². The Morgan fingerprint density at radius 2 is 1.84 bits per heavy atom. The summed E-state index contributed by atoms with van der Waals surface area (Å²) in [4.78, 5) is 0.